The molecular weight excluding hydrogens is 334 g/mol. The average Bonchev–Trinajstić information content (AvgIpc) is 2.74. The van der Waals surface area contributed by atoms with Crippen LogP contribution in [0.25, 0.3) is 10.9 Å². The summed E-state index contributed by atoms with van der Waals surface area (Å²) in [6.45, 7) is 0. The van der Waals surface area contributed by atoms with Crippen LogP contribution >= 0.6 is 0 Å². The van der Waals surface area contributed by atoms with E-state index >= 15 is 0 Å². The van der Waals surface area contributed by atoms with Crippen molar-refractivity contribution in [3.05, 3.63) is 113 Å². The van der Waals surface area contributed by atoms with Crippen molar-refractivity contribution in [1.29, 1.82) is 0 Å². The summed E-state index contributed by atoms with van der Waals surface area (Å²) in [6, 6.07) is 29.8. The Kier molecular flexibility index (Phi) is 3.72. The van der Waals surface area contributed by atoms with Gasteiger partial charge in [-0.15, -0.1) is 0 Å². The lowest BCUT2D eigenvalue weighted by atomic mass is 9.82. The van der Waals surface area contributed by atoms with Gasteiger partial charge in [0.2, 0.25) is 0 Å². The van der Waals surface area contributed by atoms with E-state index in [1.54, 1.807) is 0 Å². The highest BCUT2D eigenvalue weighted by Gasteiger charge is 2.39. The third-order valence-electron chi connectivity index (χ3n) is 5.09. The summed E-state index contributed by atoms with van der Waals surface area (Å²) in [5, 5.41) is 0.943. The van der Waals surface area contributed by atoms with Crippen molar-refractivity contribution < 1.29 is 9.53 Å². The summed E-state index contributed by atoms with van der Waals surface area (Å²) in [4.78, 5) is 17.7. The second-order valence-electron chi connectivity index (χ2n) is 6.74. The molecule has 0 amide bonds. The number of benzene rings is 3. The number of esters is 1. The molecule has 0 saturated carbocycles. The maximum absolute atomic E-state index is 12.8. The summed E-state index contributed by atoms with van der Waals surface area (Å²) in [6.07, 6.45) is -0.401. The first kappa shape index (κ1) is 15.8. The van der Waals surface area contributed by atoms with E-state index in [0.717, 1.165) is 27.7 Å². The van der Waals surface area contributed by atoms with E-state index in [1.165, 1.54) is 0 Å². The van der Waals surface area contributed by atoms with E-state index < -0.39 is 6.10 Å². The fourth-order valence-corrected chi connectivity index (χ4v) is 3.82. The number of pyridine rings is 1. The van der Waals surface area contributed by atoms with Gasteiger partial charge in [-0.3, -0.25) is 4.98 Å². The Morgan fingerprint density at radius 2 is 1.37 bits per heavy atom. The lowest BCUT2D eigenvalue weighted by Gasteiger charge is -2.33. The maximum Gasteiger partial charge on any atom is 0.340 e. The highest BCUT2D eigenvalue weighted by Crippen LogP contribution is 2.44. The van der Waals surface area contributed by atoms with Gasteiger partial charge in [-0.2, -0.15) is 0 Å². The molecule has 0 N–H and O–H groups in total. The van der Waals surface area contributed by atoms with Gasteiger partial charge in [0.15, 0.2) is 0 Å². The van der Waals surface area contributed by atoms with Crippen LogP contribution in [-0.2, 0) is 4.74 Å². The molecule has 0 saturated heterocycles. The SMILES string of the molecule is O=C1O[C@H](c2ccccc2)[C@H](c2ccccc2)c2nc3ccccc3cc21. The van der Waals surface area contributed by atoms with Crippen molar-refractivity contribution in [2.75, 3.05) is 0 Å². The summed E-state index contributed by atoms with van der Waals surface area (Å²) in [5.74, 6) is -0.463. The van der Waals surface area contributed by atoms with E-state index in [1.807, 2.05) is 78.9 Å². The molecule has 0 spiro atoms. The lowest BCUT2D eigenvalue weighted by molar-refractivity contribution is 0.0199. The number of aromatic nitrogens is 1. The molecule has 27 heavy (non-hydrogen) atoms. The molecule has 0 unspecified atom stereocenters. The number of nitrogens with zero attached hydrogens (tertiary/aromatic N) is 1. The molecule has 5 rings (SSSR count). The van der Waals surface area contributed by atoms with Crippen molar-refractivity contribution in [1.82, 2.24) is 4.98 Å². The van der Waals surface area contributed by atoms with Crippen LogP contribution in [0.4, 0.5) is 0 Å². The van der Waals surface area contributed by atoms with E-state index in [9.17, 15) is 4.79 Å². The number of cyclic esters (lactones) is 1. The van der Waals surface area contributed by atoms with Crippen LogP contribution in [0, 0.1) is 0 Å². The summed E-state index contributed by atoms with van der Waals surface area (Å²) < 4.78 is 5.94. The molecule has 0 fully saturated rings. The first-order valence-electron chi connectivity index (χ1n) is 9.02. The Morgan fingerprint density at radius 3 is 2.11 bits per heavy atom. The molecule has 2 heterocycles. The van der Waals surface area contributed by atoms with Crippen molar-refractivity contribution in [2.24, 2.45) is 0 Å². The minimum absolute atomic E-state index is 0.147. The standard InChI is InChI=1S/C24H17NO2/c26-24-19-15-18-13-7-8-14-20(18)25-22(19)21(16-9-3-1-4-10-16)23(27-24)17-11-5-2-6-12-17/h1-15,21,23H/t21-,23-/m1/s1. The smallest absolute Gasteiger partial charge is 0.340 e. The molecule has 0 radical (unpaired) electrons. The number of hydrogen-bond donors (Lipinski definition) is 0. The molecule has 4 aromatic rings. The Balaban J connectivity index is 1.77. The average molecular weight is 351 g/mol. The Bertz CT molecular complexity index is 1120. The molecule has 0 aliphatic carbocycles. The fourth-order valence-electron chi connectivity index (χ4n) is 3.82. The van der Waals surface area contributed by atoms with Crippen molar-refractivity contribution in [3.63, 3.8) is 0 Å². The van der Waals surface area contributed by atoms with Gasteiger partial charge in [0.25, 0.3) is 0 Å². The molecule has 1 aromatic heterocycles. The first-order valence-corrected chi connectivity index (χ1v) is 9.02. The minimum atomic E-state index is -0.401. The number of ether oxygens (including phenoxy) is 1. The van der Waals surface area contributed by atoms with Crippen LogP contribution in [0.15, 0.2) is 91.0 Å². The van der Waals surface area contributed by atoms with E-state index in [-0.39, 0.29) is 11.9 Å². The first-order chi connectivity index (χ1) is 13.3. The van der Waals surface area contributed by atoms with Crippen molar-refractivity contribution in [2.45, 2.75) is 12.0 Å². The van der Waals surface area contributed by atoms with Crippen molar-refractivity contribution >= 4 is 16.9 Å². The van der Waals surface area contributed by atoms with Gasteiger partial charge in [0.1, 0.15) is 6.10 Å². The number of para-hydroxylation sites is 1. The zero-order chi connectivity index (χ0) is 18.2. The minimum Gasteiger partial charge on any atom is -0.453 e. The molecular formula is C24H17NO2. The quantitative estimate of drug-likeness (QED) is 0.461. The van der Waals surface area contributed by atoms with Gasteiger partial charge in [-0.05, 0) is 23.3 Å². The summed E-state index contributed by atoms with van der Waals surface area (Å²) >= 11 is 0. The van der Waals surface area contributed by atoms with E-state index in [4.69, 9.17) is 9.72 Å². The maximum atomic E-state index is 12.8. The van der Waals surface area contributed by atoms with Gasteiger partial charge in [-0.1, -0.05) is 78.9 Å². The Hall–Kier alpha value is -3.46. The van der Waals surface area contributed by atoms with Crippen LogP contribution in [0.2, 0.25) is 0 Å². The lowest BCUT2D eigenvalue weighted by Crippen LogP contribution is -2.28. The van der Waals surface area contributed by atoms with Gasteiger partial charge in [-0.25, -0.2) is 4.79 Å². The molecule has 3 aromatic carbocycles. The van der Waals surface area contributed by atoms with Crippen LogP contribution in [-0.4, -0.2) is 11.0 Å². The third-order valence-corrected chi connectivity index (χ3v) is 5.09. The van der Waals surface area contributed by atoms with Crippen LogP contribution in [0.1, 0.15) is 39.2 Å². The predicted molar refractivity (Wildman–Crippen MR) is 105 cm³/mol. The van der Waals surface area contributed by atoms with E-state index in [2.05, 4.69) is 12.1 Å². The summed E-state index contributed by atoms with van der Waals surface area (Å²) in [5.41, 5.74) is 4.28. The molecule has 1 aliphatic rings. The molecule has 3 nitrogen and oxygen atoms in total. The monoisotopic (exact) mass is 351 g/mol. The number of fused-ring (bicyclic) bond motifs is 2. The highest BCUT2D eigenvalue weighted by molar-refractivity contribution is 5.96. The highest BCUT2D eigenvalue weighted by atomic mass is 16.5. The molecule has 0 bridgehead atoms. The second kappa shape index (κ2) is 6.36. The van der Waals surface area contributed by atoms with Gasteiger partial charge in [0, 0.05) is 5.39 Å². The van der Waals surface area contributed by atoms with Crippen LogP contribution in [0.5, 0.6) is 0 Å². The van der Waals surface area contributed by atoms with Crippen molar-refractivity contribution in [3.8, 4) is 0 Å². The molecule has 2 atom stereocenters. The molecule has 3 heteroatoms. The number of rotatable bonds is 2. The van der Waals surface area contributed by atoms with Crippen LogP contribution in [0.3, 0.4) is 0 Å². The number of carbonyl (C=O) groups is 1. The fraction of sp³-hybridized carbons (Fsp3) is 0.0833. The topological polar surface area (TPSA) is 39.2 Å². The van der Waals surface area contributed by atoms with E-state index in [0.29, 0.717) is 5.56 Å². The zero-order valence-corrected chi connectivity index (χ0v) is 14.6. The molecule has 130 valence electrons. The largest absolute Gasteiger partial charge is 0.453 e. The predicted octanol–water partition coefficient (Wildman–Crippen LogP) is 5.28. The molecule has 1 aliphatic heterocycles. The van der Waals surface area contributed by atoms with Crippen LogP contribution < -0.4 is 0 Å². The second-order valence-corrected chi connectivity index (χ2v) is 6.74. The zero-order valence-electron chi connectivity index (χ0n) is 14.6. The Labute approximate surface area is 157 Å². The van der Waals surface area contributed by atoms with Gasteiger partial charge < -0.3 is 4.74 Å². The normalized spacial score (nSPS) is 18.7. The third kappa shape index (κ3) is 2.68. The van der Waals surface area contributed by atoms with Gasteiger partial charge >= 0.3 is 5.97 Å². The van der Waals surface area contributed by atoms with Gasteiger partial charge in [0.05, 0.1) is 22.7 Å². The Morgan fingerprint density at radius 1 is 0.741 bits per heavy atom. The number of hydrogen-bond acceptors (Lipinski definition) is 3. The number of carbonyl (C=O) groups excluding carboxylic acids is 1. The summed E-state index contributed by atoms with van der Waals surface area (Å²) in [7, 11) is 0.